The highest BCUT2D eigenvalue weighted by molar-refractivity contribution is 9.10. The van der Waals surface area contributed by atoms with Crippen LogP contribution in [0, 0.1) is 11.3 Å². The zero-order valence-corrected chi connectivity index (χ0v) is 12.2. The number of hydrogen-bond donors (Lipinski definition) is 0. The predicted octanol–water partition coefficient (Wildman–Crippen LogP) is 2.83. The van der Waals surface area contributed by atoms with Crippen LogP contribution in [0.25, 0.3) is 0 Å². The van der Waals surface area contributed by atoms with Crippen LogP contribution >= 0.6 is 15.9 Å². The van der Waals surface area contributed by atoms with E-state index in [1.54, 1.807) is 30.1 Å². The summed E-state index contributed by atoms with van der Waals surface area (Å²) in [6.45, 7) is 1.84. The van der Waals surface area contributed by atoms with E-state index >= 15 is 0 Å². The molecule has 1 aromatic carbocycles. The van der Waals surface area contributed by atoms with Crippen LogP contribution in [0.2, 0.25) is 0 Å². The lowest BCUT2D eigenvalue weighted by Gasteiger charge is -2.23. The summed E-state index contributed by atoms with van der Waals surface area (Å²) in [5.41, 5.74) is 0.494. The Labute approximate surface area is 115 Å². The molecule has 1 amide bonds. The number of halogens is 1. The summed E-state index contributed by atoms with van der Waals surface area (Å²) >= 11 is 3.33. The maximum Gasteiger partial charge on any atom is 0.257 e. The highest BCUT2D eigenvalue weighted by Gasteiger charge is 2.20. The summed E-state index contributed by atoms with van der Waals surface area (Å²) < 4.78 is 6.05. The van der Waals surface area contributed by atoms with Gasteiger partial charge in [0.1, 0.15) is 5.75 Å². The molecule has 0 aromatic heterocycles. The van der Waals surface area contributed by atoms with Crippen LogP contribution < -0.4 is 4.74 Å². The van der Waals surface area contributed by atoms with Gasteiger partial charge in [0.05, 0.1) is 25.2 Å². The smallest absolute Gasteiger partial charge is 0.257 e. The van der Waals surface area contributed by atoms with Gasteiger partial charge < -0.3 is 9.64 Å². The first-order chi connectivity index (χ1) is 8.51. The van der Waals surface area contributed by atoms with Crippen LogP contribution in [0.1, 0.15) is 23.7 Å². The van der Waals surface area contributed by atoms with E-state index in [2.05, 4.69) is 22.0 Å². The third kappa shape index (κ3) is 3.23. The van der Waals surface area contributed by atoms with Gasteiger partial charge in [0.15, 0.2) is 0 Å². The number of ether oxygens (including phenoxy) is 1. The third-order valence-corrected chi connectivity index (χ3v) is 3.26. The highest BCUT2D eigenvalue weighted by Crippen LogP contribution is 2.25. The average Bonchev–Trinajstić information content (AvgIpc) is 2.37. The van der Waals surface area contributed by atoms with E-state index in [1.165, 1.54) is 7.11 Å². The summed E-state index contributed by atoms with van der Waals surface area (Å²) in [6, 6.07) is 7.18. The molecular formula is C13H15BrN2O2. The van der Waals surface area contributed by atoms with Gasteiger partial charge in [-0.05, 0) is 25.1 Å². The molecule has 0 spiro atoms. The third-order valence-electron chi connectivity index (χ3n) is 2.76. The minimum Gasteiger partial charge on any atom is -0.496 e. The van der Waals surface area contributed by atoms with E-state index in [9.17, 15) is 4.79 Å². The van der Waals surface area contributed by atoms with Crippen LogP contribution in [-0.4, -0.2) is 31.0 Å². The summed E-state index contributed by atoms with van der Waals surface area (Å²) in [6.07, 6.45) is 0.307. The predicted molar refractivity (Wildman–Crippen MR) is 72.5 cm³/mol. The number of rotatable bonds is 4. The Hall–Kier alpha value is -1.54. The van der Waals surface area contributed by atoms with Crippen LogP contribution in [-0.2, 0) is 0 Å². The number of nitriles is 1. The Morgan fingerprint density at radius 1 is 1.61 bits per heavy atom. The molecule has 0 saturated carbocycles. The number of hydrogen-bond acceptors (Lipinski definition) is 3. The molecule has 18 heavy (non-hydrogen) atoms. The van der Waals surface area contributed by atoms with Crippen molar-refractivity contribution in [2.45, 2.75) is 19.4 Å². The van der Waals surface area contributed by atoms with E-state index < -0.39 is 0 Å². The Balaban J connectivity index is 3.00. The number of nitrogens with zero attached hydrogens (tertiary/aromatic N) is 2. The fourth-order valence-electron chi connectivity index (χ4n) is 1.50. The molecule has 1 atom stereocenters. The van der Waals surface area contributed by atoms with Crippen molar-refractivity contribution in [1.29, 1.82) is 5.26 Å². The fraction of sp³-hybridized carbons (Fsp3) is 0.385. The summed E-state index contributed by atoms with van der Waals surface area (Å²) in [5, 5.41) is 8.66. The molecule has 1 unspecified atom stereocenters. The molecule has 0 N–H and O–H groups in total. The molecule has 5 heteroatoms. The van der Waals surface area contributed by atoms with Crippen molar-refractivity contribution in [3.63, 3.8) is 0 Å². The first-order valence-corrected chi connectivity index (χ1v) is 6.28. The van der Waals surface area contributed by atoms with Crippen molar-refractivity contribution in [1.82, 2.24) is 4.90 Å². The largest absolute Gasteiger partial charge is 0.496 e. The van der Waals surface area contributed by atoms with Crippen molar-refractivity contribution < 1.29 is 9.53 Å². The van der Waals surface area contributed by atoms with Crippen molar-refractivity contribution in [3.05, 3.63) is 28.2 Å². The van der Waals surface area contributed by atoms with Crippen molar-refractivity contribution in [3.8, 4) is 11.8 Å². The molecule has 0 radical (unpaired) electrons. The average molecular weight is 311 g/mol. The zero-order valence-electron chi connectivity index (χ0n) is 10.6. The van der Waals surface area contributed by atoms with Gasteiger partial charge in [0, 0.05) is 17.6 Å². The lowest BCUT2D eigenvalue weighted by molar-refractivity contribution is 0.0743. The molecule has 0 bridgehead atoms. The number of carbonyl (C=O) groups excluding carboxylic acids is 1. The first kappa shape index (κ1) is 14.5. The quantitative estimate of drug-likeness (QED) is 0.859. The number of amides is 1. The van der Waals surface area contributed by atoms with Gasteiger partial charge >= 0.3 is 0 Å². The molecular weight excluding hydrogens is 296 g/mol. The minimum atomic E-state index is -0.151. The van der Waals surface area contributed by atoms with Crippen molar-refractivity contribution in [2.75, 3.05) is 14.2 Å². The molecule has 1 aromatic rings. The summed E-state index contributed by atoms with van der Waals surface area (Å²) in [7, 11) is 3.21. The lowest BCUT2D eigenvalue weighted by Crippen LogP contribution is -2.35. The van der Waals surface area contributed by atoms with Gasteiger partial charge in [0.25, 0.3) is 5.91 Å². The van der Waals surface area contributed by atoms with Crippen LogP contribution in [0.4, 0.5) is 0 Å². The lowest BCUT2D eigenvalue weighted by atomic mass is 10.1. The van der Waals surface area contributed by atoms with E-state index in [4.69, 9.17) is 10.00 Å². The van der Waals surface area contributed by atoms with Gasteiger partial charge in [-0.1, -0.05) is 15.9 Å². The fourth-order valence-corrected chi connectivity index (χ4v) is 1.84. The van der Waals surface area contributed by atoms with Gasteiger partial charge in [0.2, 0.25) is 0 Å². The first-order valence-electron chi connectivity index (χ1n) is 5.49. The second kappa shape index (κ2) is 6.41. The molecule has 0 aliphatic heterocycles. The van der Waals surface area contributed by atoms with Gasteiger partial charge in [-0.15, -0.1) is 0 Å². The maximum atomic E-state index is 12.3. The molecule has 1 rings (SSSR count). The molecule has 0 heterocycles. The topological polar surface area (TPSA) is 53.3 Å². The molecule has 96 valence electrons. The molecule has 0 aliphatic rings. The van der Waals surface area contributed by atoms with Crippen LogP contribution in [0.15, 0.2) is 22.7 Å². The van der Waals surface area contributed by atoms with E-state index in [-0.39, 0.29) is 11.9 Å². The SMILES string of the molecule is COc1cc(Br)ccc1C(=O)N(C)C(C)CC#N. The maximum absolute atomic E-state index is 12.3. The normalized spacial score (nSPS) is 11.5. The zero-order chi connectivity index (χ0) is 13.7. The van der Waals surface area contributed by atoms with Crippen LogP contribution in [0.5, 0.6) is 5.75 Å². The van der Waals surface area contributed by atoms with E-state index in [0.29, 0.717) is 17.7 Å². The van der Waals surface area contributed by atoms with Gasteiger partial charge in [-0.25, -0.2) is 0 Å². The second-order valence-electron chi connectivity index (χ2n) is 3.97. The number of carbonyl (C=O) groups is 1. The monoisotopic (exact) mass is 310 g/mol. The van der Waals surface area contributed by atoms with E-state index in [1.807, 2.05) is 6.92 Å². The van der Waals surface area contributed by atoms with Crippen molar-refractivity contribution >= 4 is 21.8 Å². The summed E-state index contributed by atoms with van der Waals surface area (Å²) in [4.78, 5) is 13.8. The Morgan fingerprint density at radius 2 is 2.28 bits per heavy atom. The number of methoxy groups -OCH3 is 1. The van der Waals surface area contributed by atoms with Gasteiger partial charge in [-0.2, -0.15) is 5.26 Å². The van der Waals surface area contributed by atoms with Crippen molar-refractivity contribution in [2.24, 2.45) is 0 Å². The number of benzene rings is 1. The van der Waals surface area contributed by atoms with E-state index in [0.717, 1.165) is 4.47 Å². The van der Waals surface area contributed by atoms with Gasteiger partial charge in [-0.3, -0.25) is 4.79 Å². The Kier molecular flexibility index (Phi) is 5.17. The second-order valence-corrected chi connectivity index (χ2v) is 4.89. The van der Waals surface area contributed by atoms with Crippen LogP contribution in [0.3, 0.4) is 0 Å². The molecule has 0 fully saturated rings. The molecule has 0 aliphatic carbocycles. The Bertz CT molecular complexity index is 482. The standard InChI is InChI=1S/C13H15BrN2O2/c1-9(6-7-15)16(2)13(17)11-5-4-10(14)8-12(11)18-3/h4-5,8-9H,6H2,1-3H3. The molecule has 4 nitrogen and oxygen atoms in total. The minimum absolute atomic E-state index is 0.129. The summed E-state index contributed by atoms with van der Waals surface area (Å²) in [5.74, 6) is 0.368. The molecule has 0 saturated heterocycles. The Morgan fingerprint density at radius 3 is 2.83 bits per heavy atom. The highest BCUT2D eigenvalue weighted by atomic mass is 79.9.